The highest BCUT2D eigenvalue weighted by Gasteiger charge is 2.27. The first-order valence-electron chi connectivity index (χ1n) is 6.17. The van der Waals surface area contributed by atoms with Gasteiger partial charge in [-0.25, -0.2) is 9.37 Å². The van der Waals surface area contributed by atoms with E-state index in [9.17, 15) is 9.18 Å². The van der Waals surface area contributed by atoms with Gasteiger partial charge in [0.05, 0.1) is 11.8 Å². The molecule has 1 aliphatic rings. The molecule has 0 radical (unpaired) electrons. The van der Waals surface area contributed by atoms with E-state index in [0.717, 1.165) is 18.7 Å². The number of halogens is 1. The third-order valence-electron chi connectivity index (χ3n) is 3.27. The van der Waals surface area contributed by atoms with Crippen molar-refractivity contribution >= 4 is 11.7 Å². The maximum Gasteiger partial charge on any atom is 0.257 e. The summed E-state index contributed by atoms with van der Waals surface area (Å²) in [6.45, 7) is 5.62. The van der Waals surface area contributed by atoms with Gasteiger partial charge in [-0.3, -0.25) is 4.79 Å². The van der Waals surface area contributed by atoms with E-state index in [4.69, 9.17) is 5.73 Å². The summed E-state index contributed by atoms with van der Waals surface area (Å²) < 4.78 is 13.1. The molecule has 1 aromatic rings. The number of nitrogen functional groups attached to an aromatic ring is 1. The van der Waals surface area contributed by atoms with Crippen LogP contribution in [0.2, 0.25) is 0 Å². The molecule has 1 aromatic heterocycles. The van der Waals surface area contributed by atoms with Gasteiger partial charge in [-0.15, -0.1) is 0 Å². The molecular formula is C13H18FN3O. The molecule has 1 aliphatic heterocycles. The van der Waals surface area contributed by atoms with Gasteiger partial charge < -0.3 is 10.6 Å². The van der Waals surface area contributed by atoms with Crippen molar-refractivity contribution in [3.05, 3.63) is 23.6 Å². The van der Waals surface area contributed by atoms with E-state index in [2.05, 4.69) is 18.8 Å². The van der Waals surface area contributed by atoms with Crippen LogP contribution in [0.1, 0.15) is 30.6 Å². The number of piperidine rings is 1. The second-order valence-corrected chi connectivity index (χ2v) is 5.24. The fourth-order valence-electron chi connectivity index (χ4n) is 2.62. The molecule has 98 valence electrons. The summed E-state index contributed by atoms with van der Waals surface area (Å²) in [5.74, 6) is 0.247. The minimum atomic E-state index is -0.536. The number of nitrogens with zero attached hydrogens (tertiary/aromatic N) is 2. The Balaban J connectivity index is 2.22. The van der Waals surface area contributed by atoms with Crippen molar-refractivity contribution in [2.45, 2.75) is 20.3 Å². The van der Waals surface area contributed by atoms with Crippen LogP contribution in [0, 0.1) is 17.7 Å². The van der Waals surface area contributed by atoms with Crippen LogP contribution in [0.5, 0.6) is 0 Å². The van der Waals surface area contributed by atoms with Crippen LogP contribution < -0.4 is 5.73 Å². The standard InChI is InChI=1S/C13H18FN3O/c1-8-3-9(2)7-17(6-8)13(18)11-4-10(14)5-16-12(11)15/h4-5,8-9H,3,6-7H2,1-2H3,(H2,15,16). The van der Waals surface area contributed by atoms with Crippen LogP contribution in [0.25, 0.3) is 0 Å². The van der Waals surface area contributed by atoms with Gasteiger partial charge in [0.1, 0.15) is 11.6 Å². The molecule has 2 heterocycles. The summed E-state index contributed by atoms with van der Waals surface area (Å²) in [4.78, 5) is 17.7. The quantitative estimate of drug-likeness (QED) is 0.829. The third kappa shape index (κ3) is 2.60. The molecule has 0 aliphatic carbocycles. The highest BCUT2D eigenvalue weighted by molar-refractivity contribution is 5.98. The van der Waals surface area contributed by atoms with E-state index in [-0.39, 0.29) is 17.3 Å². The van der Waals surface area contributed by atoms with Gasteiger partial charge in [0, 0.05) is 13.1 Å². The van der Waals surface area contributed by atoms with E-state index >= 15 is 0 Å². The van der Waals surface area contributed by atoms with Crippen molar-refractivity contribution in [2.75, 3.05) is 18.8 Å². The number of amides is 1. The summed E-state index contributed by atoms with van der Waals surface area (Å²) in [7, 11) is 0. The number of rotatable bonds is 1. The number of nitrogens with two attached hydrogens (primary N) is 1. The van der Waals surface area contributed by atoms with Gasteiger partial charge in [0.15, 0.2) is 0 Å². The fraction of sp³-hybridized carbons (Fsp3) is 0.538. The summed E-state index contributed by atoms with van der Waals surface area (Å²) >= 11 is 0. The van der Waals surface area contributed by atoms with Crippen LogP contribution in [-0.4, -0.2) is 28.9 Å². The minimum absolute atomic E-state index is 0.0901. The Kier molecular flexibility index (Phi) is 3.50. The van der Waals surface area contributed by atoms with Crippen molar-refractivity contribution in [2.24, 2.45) is 11.8 Å². The lowest BCUT2D eigenvalue weighted by Gasteiger charge is -2.35. The Morgan fingerprint density at radius 2 is 2.06 bits per heavy atom. The first-order valence-corrected chi connectivity index (χ1v) is 6.17. The molecule has 0 saturated carbocycles. The molecular weight excluding hydrogens is 233 g/mol. The Bertz CT molecular complexity index is 454. The number of aromatic nitrogens is 1. The van der Waals surface area contributed by atoms with Crippen LogP contribution in [0.3, 0.4) is 0 Å². The summed E-state index contributed by atoms with van der Waals surface area (Å²) in [6.07, 6.45) is 2.13. The van der Waals surface area contributed by atoms with Crippen molar-refractivity contribution in [3.63, 3.8) is 0 Å². The van der Waals surface area contributed by atoms with E-state index in [1.807, 2.05) is 0 Å². The first-order chi connectivity index (χ1) is 8.47. The lowest BCUT2D eigenvalue weighted by atomic mass is 9.91. The van der Waals surface area contributed by atoms with Crippen molar-refractivity contribution in [3.8, 4) is 0 Å². The number of pyridine rings is 1. The molecule has 2 rings (SSSR count). The third-order valence-corrected chi connectivity index (χ3v) is 3.27. The number of hydrogen-bond donors (Lipinski definition) is 1. The van der Waals surface area contributed by atoms with Gasteiger partial charge in [-0.2, -0.15) is 0 Å². The monoisotopic (exact) mass is 251 g/mol. The Hall–Kier alpha value is -1.65. The number of hydrogen-bond acceptors (Lipinski definition) is 3. The molecule has 2 unspecified atom stereocenters. The Morgan fingerprint density at radius 3 is 2.67 bits per heavy atom. The second-order valence-electron chi connectivity index (χ2n) is 5.24. The van der Waals surface area contributed by atoms with Gasteiger partial charge in [-0.1, -0.05) is 13.8 Å². The van der Waals surface area contributed by atoms with E-state index in [0.29, 0.717) is 24.9 Å². The van der Waals surface area contributed by atoms with Gasteiger partial charge in [0.25, 0.3) is 5.91 Å². The van der Waals surface area contributed by atoms with Crippen LogP contribution in [0.15, 0.2) is 12.3 Å². The number of likely N-dealkylation sites (tertiary alicyclic amines) is 1. The predicted molar refractivity (Wildman–Crippen MR) is 67.5 cm³/mol. The van der Waals surface area contributed by atoms with Gasteiger partial charge in [0.2, 0.25) is 0 Å². The topological polar surface area (TPSA) is 59.2 Å². The molecule has 0 aromatic carbocycles. The molecule has 0 spiro atoms. The average Bonchev–Trinajstić information content (AvgIpc) is 2.30. The van der Waals surface area contributed by atoms with Crippen LogP contribution >= 0.6 is 0 Å². The number of anilines is 1. The average molecular weight is 251 g/mol. The normalized spacial score (nSPS) is 24.1. The molecule has 1 amide bonds. The van der Waals surface area contributed by atoms with E-state index in [1.165, 1.54) is 0 Å². The zero-order chi connectivity index (χ0) is 13.3. The highest BCUT2D eigenvalue weighted by atomic mass is 19.1. The minimum Gasteiger partial charge on any atom is -0.383 e. The molecule has 2 N–H and O–H groups in total. The summed E-state index contributed by atoms with van der Waals surface area (Å²) in [5.41, 5.74) is 5.80. The molecule has 18 heavy (non-hydrogen) atoms. The van der Waals surface area contributed by atoms with Gasteiger partial charge >= 0.3 is 0 Å². The number of carbonyl (C=O) groups excluding carboxylic acids is 1. The molecule has 4 nitrogen and oxygen atoms in total. The summed E-state index contributed by atoms with van der Waals surface area (Å²) in [5, 5.41) is 0. The SMILES string of the molecule is CC1CC(C)CN(C(=O)c2cc(F)cnc2N)C1. The lowest BCUT2D eigenvalue weighted by molar-refractivity contribution is 0.0623. The van der Waals surface area contributed by atoms with Crippen LogP contribution in [0.4, 0.5) is 10.2 Å². The molecule has 0 bridgehead atoms. The predicted octanol–water partition coefficient (Wildman–Crippen LogP) is 1.92. The van der Waals surface area contributed by atoms with Crippen LogP contribution in [-0.2, 0) is 0 Å². The molecule has 1 saturated heterocycles. The Labute approximate surface area is 106 Å². The van der Waals surface area contributed by atoms with Crippen molar-refractivity contribution < 1.29 is 9.18 Å². The second kappa shape index (κ2) is 4.92. The zero-order valence-corrected chi connectivity index (χ0v) is 10.7. The highest BCUT2D eigenvalue weighted by Crippen LogP contribution is 2.23. The molecule has 1 fully saturated rings. The first kappa shape index (κ1) is 12.8. The Morgan fingerprint density at radius 1 is 1.44 bits per heavy atom. The van der Waals surface area contributed by atoms with Crippen molar-refractivity contribution in [1.29, 1.82) is 0 Å². The molecule has 5 heteroatoms. The smallest absolute Gasteiger partial charge is 0.257 e. The fourth-order valence-corrected chi connectivity index (χ4v) is 2.62. The van der Waals surface area contributed by atoms with Crippen molar-refractivity contribution in [1.82, 2.24) is 9.88 Å². The van der Waals surface area contributed by atoms with E-state index in [1.54, 1.807) is 4.90 Å². The number of carbonyl (C=O) groups is 1. The maximum absolute atomic E-state index is 13.1. The molecule has 2 atom stereocenters. The maximum atomic E-state index is 13.1. The zero-order valence-electron chi connectivity index (χ0n) is 10.7. The van der Waals surface area contributed by atoms with E-state index < -0.39 is 5.82 Å². The largest absolute Gasteiger partial charge is 0.383 e. The summed E-state index contributed by atoms with van der Waals surface area (Å²) in [6, 6.07) is 1.16. The van der Waals surface area contributed by atoms with Gasteiger partial charge in [-0.05, 0) is 24.3 Å². The lowest BCUT2D eigenvalue weighted by Crippen LogP contribution is -2.42.